The molecule has 37 heavy (non-hydrogen) atoms. The van der Waals surface area contributed by atoms with Crippen LogP contribution in [0.1, 0.15) is 24.5 Å². The number of benzene rings is 3. The van der Waals surface area contributed by atoms with E-state index in [-0.39, 0.29) is 5.91 Å². The van der Waals surface area contributed by atoms with Gasteiger partial charge in [-0.25, -0.2) is 9.79 Å². The molecule has 1 aliphatic rings. The second kappa shape index (κ2) is 12.3. The third-order valence-electron chi connectivity index (χ3n) is 5.70. The van der Waals surface area contributed by atoms with Crippen LogP contribution in [0.3, 0.4) is 0 Å². The third-order valence-corrected chi connectivity index (χ3v) is 6.70. The van der Waals surface area contributed by atoms with E-state index >= 15 is 0 Å². The highest BCUT2D eigenvalue weighted by atomic mass is 32.2. The number of ether oxygens (including phenoxy) is 2. The summed E-state index contributed by atoms with van der Waals surface area (Å²) in [6, 6.07) is 24.9. The molecule has 1 saturated heterocycles. The molecule has 1 N–H and O–H groups in total. The first kappa shape index (κ1) is 26.0. The van der Waals surface area contributed by atoms with E-state index in [9.17, 15) is 9.59 Å². The molecule has 190 valence electrons. The number of carboxylic acids is 1. The summed E-state index contributed by atoms with van der Waals surface area (Å²) in [5, 5.41) is 9.77. The first-order valence-corrected chi connectivity index (χ1v) is 12.7. The summed E-state index contributed by atoms with van der Waals surface area (Å²) >= 11 is 1.33. The fraction of sp³-hybridized carbons (Fsp3) is 0.207. The normalized spacial score (nSPS) is 16.3. The lowest BCUT2D eigenvalue weighted by Crippen LogP contribution is -2.30. The van der Waals surface area contributed by atoms with Crippen molar-refractivity contribution in [2.45, 2.75) is 25.9 Å². The molecule has 0 aromatic heterocycles. The molecule has 4 rings (SSSR count). The molecule has 1 fully saturated rings. The van der Waals surface area contributed by atoms with Gasteiger partial charge in [-0.05, 0) is 73.0 Å². The Balaban J connectivity index is 1.57. The summed E-state index contributed by atoms with van der Waals surface area (Å²) in [4.78, 5) is 31.6. The van der Waals surface area contributed by atoms with Crippen molar-refractivity contribution in [3.8, 4) is 11.5 Å². The van der Waals surface area contributed by atoms with Gasteiger partial charge >= 0.3 is 5.97 Å². The predicted molar refractivity (Wildman–Crippen MR) is 146 cm³/mol. The highest BCUT2D eigenvalue weighted by molar-refractivity contribution is 8.18. The van der Waals surface area contributed by atoms with Gasteiger partial charge in [-0.2, -0.15) is 0 Å². The van der Waals surface area contributed by atoms with Crippen molar-refractivity contribution in [3.63, 3.8) is 0 Å². The molecule has 8 heteroatoms. The molecule has 0 saturated carbocycles. The molecule has 0 unspecified atom stereocenters. The molecule has 0 bridgehead atoms. The number of amides is 1. The summed E-state index contributed by atoms with van der Waals surface area (Å²) in [6.07, 6.45) is 2.43. The van der Waals surface area contributed by atoms with Crippen molar-refractivity contribution in [1.82, 2.24) is 4.90 Å². The maximum Gasteiger partial charge on any atom is 0.344 e. The number of rotatable bonds is 10. The molecule has 0 spiro atoms. The SMILES string of the molecule is COc1cc(/C=C2\SC(=Nc3ccccc3)N(CCCc3ccccc3)C2=O)ccc1O[C@@H](C)C(=O)O. The summed E-state index contributed by atoms with van der Waals surface area (Å²) in [5.41, 5.74) is 2.74. The van der Waals surface area contributed by atoms with Gasteiger partial charge in [0.05, 0.1) is 17.7 Å². The minimum absolute atomic E-state index is 0.105. The maximum atomic E-state index is 13.4. The standard InChI is InChI=1S/C29H28N2O5S/c1-20(28(33)34)36-24-16-15-22(18-25(24)35-2)19-26-27(32)31(17-9-12-21-10-5-3-6-11-21)29(37-26)30-23-13-7-4-8-14-23/h3-8,10-11,13-16,18-20H,9,12,17H2,1-2H3,(H,33,34)/b26-19-,30-29?/t20-/m0/s1. The number of thioether (sulfide) groups is 1. The lowest BCUT2D eigenvalue weighted by molar-refractivity contribution is -0.144. The second-order valence-electron chi connectivity index (χ2n) is 8.40. The number of hydrogen-bond donors (Lipinski definition) is 1. The number of carbonyl (C=O) groups is 2. The van der Waals surface area contributed by atoms with Crippen LogP contribution in [0.15, 0.2) is 88.8 Å². The second-order valence-corrected chi connectivity index (χ2v) is 9.40. The van der Waals surface area contributed by atoms with E-state index in [0.29, 0.717) is 28.1 Å². The number of para-hydroxylation sites is 1. The zero-order valence-corrected chi connectivity index (χ0v) is 21.5. The number of carboxylic acid groups (broad SMARTS) is 1. The van der Waals surface area contributed by atoms with Crippen LogP contribution in [0.5, 0.6) is 11.5 Å². The monoisotopic (exact) mass is 516 g/mol. The lowest BCUT2D eigenvalue weighted by Gasteiger charge is -2.15. The van der Waals surface area contributed by atoms with Crippen molar-refractivity contribution in [3.05, 3.63) is 94.9 Å². The number of aryl methyl sites for hydroxylation is 1. The van der Waals surface area contributed by atoms with E-state index < -0.39 is 12.1 Å². The van der Waals surface area contributed by atoms with E-state index in [0.717, 1.165) is 24.1 Å². The van der Waals surface area contributed by atoms with Crippen LogP contribution in [0.2, 0.25) is 0 Å². The number of aliphatic carboxylic acids is 1. The van der Waals surface area contributed by atoms with Crippen LogP contribution in [0.25, 0.3) is 6.08 Å². The van der Waals surface area contributed by atoms with Crippen LogP contribution in [0, 0.1) is 0 Å². The zero-order valence-electron chi connectivity index (χ0n) is 20.7. The minimum Gasteiger partial charge on any atom is -0.493 e. The fourth-order valence-corrected chi connectivity index (χ4v) is 4.78. The number of carbonyl (C=O) groups excluding carboxylic acids is 1. The van der Waals surface area contributed by atoms with E-state index in [1.165, 1.54) is 31.4 Å². The average Bonchev–Trinajstić information content (AvgIpc) is 3.19. The van der Waals surface area contributed by atoms with Gasteiger partial charge in [0.1, 0.15) is 0 Å². The smallest absolute Gasteiger partial charge is 0.344 e. The van der Waals surface area contributed by atoms with Gasteiger partial charge in [0.2, 0.25) is 0 Å². The van der Waals surface area contributed by atoms with Crippen LogP contribution >= 0.6 is 11.8 Å². The van der Waals surface area contributed by atoms with Crippen molar-refractivity contribution >= 4 is 40.6 Å². The Hall–Kier alpha value is -4.04. The Kier molecular flexibility index (Phi) is 8.64. The molecule has 1 aliphatic heterocycles. The molecular formula is C29H28N2O5S. The van der Waals surface area contributed by atoms with Crippen LogP contribution < -0.4 is 9.47 Å². The zero-order chi connectivity index (χ0) is 26.2. The van der Waals surface area contributed by atoms with Gasteiger partial charge in [0.25, 0.3) is 5.91 Å². The molecule has 1 atom stereocenters. The number of methoxy groups -OCH3 is 1. The van der Waals surface area contributed by atoms with E-state index in [1.54, 1.807) is 29.2 Å². The summed E-state index contributed by atoms with van der Waals surface area (Å²) in [6.45, 7) is 2.00. The Morgan fingerprint density at radius 3 is 2.43 bits per heavy atom. The number of amidine groups is 1. The molecule has 3 aromatic rings. The Morgan fingerprint density at radius 1 is 1.05 bits per heavy atom. The van der Waals surface area contributed by atoms with Gasteiger partial charge in [-0.3, -0.25) is 9.69 Å². The summed E-state index contributed by atoms with van der Waals surface area (Å²) in [7, 11) is 1.49. The Morgan fingerprint density at radius 2 is 1.76 bits per heavy atom. The summed E-state index contributed by atoms with van der Waals surface area (Å²) in [5.74, 6) is -0.472. The molecule has 1 heterocycles. The lowest BCUT2D eigenvalue weighted by atomic mass is 10.1. The number of hydrogen-bond acceptors (Lipinski definition) is 6. The highest BCUT2D eigenvalue weighted by Crippen LogP contribution is 2.36. The summed E-state index contributed by atoms with van der Waals surface area (Å²) < 4.78 is 10.9. The largest absolute Gasteiger partial charge is 0.493 e. The molecule has 0 radical (unpaired) electrons. The molecule has 1 amide bonds. The Bertz CT molecular complexity index is 1310. The minimum atomic E-state index is -1.07. The van der Waals surface area contributed by atoms with Crippen molar-refractivity contribution in [1.29, 1.82) is 0 Å². The molecule has 7 nitrogen and oxygen atoms in total. The molecule has 3 aromatic carbocycles. The van der Waals surface area contributed by atoms with Crippen LogP contribution in [-0.4, -0.2) is 46.8 Å². The van der Waals surface area contributed by atoms with Gasteiger partial charge in [-0.15, -0.1) is 0 Å². The average molecular weight is 517 g/mol. The van der Waals surface area contributed by atoms with Gasteiger partial charge in [0.15, 0.2) is 22.8 Å². The molecular weight excluding hydrogens is 488 g/mol. The first-order valence-electron chi connectivity index (χ1n) is 11.9. The van der Waals surface area contributed by atoms with Gasteiger partial charge in [0, 0.05) is 6.54 Å². The Labute approximate surface area is 220 Å². The van der Waals surface area contributed by atoms with Crippen molar-refractivity contribution in [2.75, 3.05) is 13.7 Å². The van der Waals surface area contributed by atoms with Crippen LogP contribution in [-0.2, 0) is 16.0 Å². The fourth-order valence-electron chi connectivity index (χ4n) is 3.75. The van der Waals surface area contributed by atoms with E-state index in [1.807, 2.05) is 48.5 Å². The number of nitrogens with zero attached hydrogens (tertiary/aromatic N) is 2. The van der Waals surface area contributed by atoms with Gasteiger partial charge < -0.3 is 14.6 Å². The van der Waals surface area contributed by atoms with Gasteiger partial charge in [-0.1, -0.05) is 54.6 Å². The topological polar surface area (TPSA) is 88.4 Å². The highest BCUT2D eigenvalue weighted by Gasteiger charge is 2.33. The van der Waals surface area contributed by atoms with E-state index in [4.69, 9.17) is 19.6 Å². The predicted octanol–water partition coefficient (Wildman–Crippen LogP) is 5.78. The van der Waals surface area contributed by atoms with Crippen LogP contribution in [0.4, 0.5) is 5.69 Å². The molecule has 0 aliphatic carbocycles. The first-order chi connectivity index (χ1) is 17.9. The third kappa shape index (κ3) is 6.80. The maximum absolute atomic E-state index is 13.4. The quantitative estimate of drug-likeness (QED) is 0.344. The van der Waals surface area contributed by atoms with Crippen molar-refractivity contribution < 1.29 is 24.2 Å². The number of aliphatic imine (C=N–C) groups is 1. The van der Waals surface area contributed by atoms with Crippen molar-refractivity contribution in [2.24, 2.45) is 4.99 Å². The van der Waals surface area contributed by atoms with E-state index in [2.05, 4.69) is 12.1 Å².